The number of phosphoric acid groups is 2. The number of anilines is 5. The first-order valence-electron chi connectivity index (χ1n) is 43.1. The SMILES string of the molecule is CC[C@H]1O[C@@H](n2cc(C)c(=O)[nH]c2=O)C[C@H]1OP(O)(=S)OC[C@H]1O[C@@H](n2cnc3c(N)ncnc32)C[C@H]1OP(=O)(S)OC[C@H]1O[C@@H](n2cc(C)c(N)nc2=O)C(OCCOC)[C@H]1OP(=O)(O)OC[C@H]1O[C@@H](n2cnc3c(N)ncnc32)C(OCCOC)[C@H]1OP(=O)(O)OC[C@H]1O[C@@H](n2cnc3c(N)ncnc32)C(OCCOC)[C@H]1OP(O)(=S)OC[C@H]1O[C@@H](n2cnc3c(N)ncnc32)C(OCCOC)[C@H]1O. The van der Waals surface area contributed by atoms with Crippen LogP contribution in [0.3, 0.4) is 0 Å². The molecule has 6 aliphatic heterocycles. The van der Waals surface area contributed by atoms with E-state index in [1.54, 1.807) is 6.92 Å². The van der Waals surface area contributed by atoms with Gasteiger partial charge in [0.2, 0.25) is 0 Å². The van der Waals surface area contributed by atoms with Crippen molar-refractivity contribution in [2.24, 2.45) is 0 Å². The van der Waals surface area contributed by atoms with Crippen molar-refractivity contribution in [2.45, 2.75) is 175 Å². The number of aryl methyl sites for hydroxylation is 2. The Bertz CT molecular complexity index is 6520. The number of nitrogens with zero attached hydrogens (tertiary/aromatic N) is 19. The zero-order valence-electron chi connectivity index (χ0n) is 75.7. The molecule has 10 aromatic rings. The Hall–Kier alpha value is -8.06. The summed E-state index contributed by atoms with van der Waals surface area (Å²) < 4.78 is 200. The number of nitrogen functional groups attached to an aromatic ring is 5. The summed E-state index contributed by atoms with van der Waals surface area (Å²) in [6.07, 6.45) is -20.1. The van der Waals surface area contributed by atoms with Crippen molar-refractivity contribution in [3.8, 4) is 0 Å². The number of aromatic amines is 1. The number of nitrogens with one attached hydrogen (secondary N) is 1. The van der Waals surface area contributed by atoms with Gasteiger partial charge in [0.05, 0.1) is 123 Å². The zero-order chi connectivity index (χ0) is 100. The summed E-state index contributed by atoms with van der Waals surface area (Å²) in [5.41, 5.74) is 30.0. The van der Waals surface area contributed by atoms with Crippen LogP contribution in [0.15, 0.2) is 77.4 Å². The van der Waals surface area contributed by atoms with E-state index in [0.29, 0.717) is 6.42 Å². The summed E-state index contributed by atoms with van der Waals surface area (Å²) in [4.78, 5) is 146. The largest absolute Gasteiger partial charge is 0.472 e. The molecule has 141 heavy (non-hydrogen) atoms. The average molecular weight is 2140 g/mol. The lowest BCUT2D eigenvalue weighted by Crippen LogP contribution is -2.41. The van der Waals surface area contributed by atoms with Crippen molar-refractivity contribution in [3.63, 3.8) is 0 Å². The highest BCUT2D eigenvalue weighted by atomic mass is 32.7. The van der Waals surface area contributed by atoms with Crippen LogP contribution in [0, 0.1) is 13.8 Å². The number of thiol groups is 1. The Kier molecular flexibility index (Phi) is 33.8. The highest BCUT2D eigenvalue weighted by Gasteiger charge is 2.58. The van der Waals surface area contributed by atoms with Crippen molar-refractivity contribution >= 4 is 145 Å². The summed E-state index contributed by atoms with van der Waals surface area (Å²) in [6.45, 7) is -15.1. The highest BCUT2D eigenvalue weighted by molar-refractivity contribution is 8.44. The van der Waals surface area contributed by atoms with Gasteiger partial charge in [0, 0.05) is 64.8 Å². The van der Waals surface area contributed by atoms with E-state index in [-0.39, 0.29) is 151 Å². The Labute approximate surface area is 812 Å². The number of ether oxygens (including phenoxy) is 14. The van der Waals surface area contributed by atoms with Gasteiger partial charge in [0.15, 0.2) is 70.8 Å². The summed E-state index contributed by atoms with van der Waals surface area (Å²) in [5, 5.41) is 11.9. The molecule has 6 fully saturated rings. The topological polar surface area (TPSA) is 768 Å². The monoisotopic (exact) mass is 2140 g/mol. The summed E-state index contributed by atoms with van der Waals surface area (Å²) in [5.74, 6) is -0.302. The molecule has 27 atom stereocenters. The molecule has 0 saturated carbocycles. The third-order valence-corrected chi connectivity index (χ3v) is 30.0. The van der Waals surface area contributed by atoms with Crippen LogP contribution in [0.5, 0.6) is 0 Å². The minimum Gasteiger partial charge on any atom is -0.387 e. The molecule has 10 aromatic heterocycles. The standard InChI is InChI=1S/C73H102N25O35P5S3/c1-8-36-37(17-44(123-36)93-20-35(3)67(100)92-73(93)102)129-136(107,139)120-21-39-38(18-45(124-39)95-30-87-46-59(75)79-26-83-63(46)95)130-137(108,140)122-25-43-52(55(115-14-10-111-5)69(126-43)94-19-34(2)58(74)91-72(94)101)132-134(103,104)118-23-41-51(56(116-15-11-112-6)70(127-41)97-32-89-48-61(77)81-28-85-65(48)97)131-135(105,106)119-24-42-53(57(117-16-12-113-7)71(128-42)98-33-90-49-62(78)82-29-86-66(49)98)133-138(109,141)121-22-40-50(99)54(114-13-9-110-4)68(125-40)96-31-88-47-60(76)80-27-84-64(47)96/h19-20,26-33,36-45,50-57,68-71,99H,8-18,21-25H2,1-7H3,(H,103,104)(H,105,106)(H,107,139)(H,108,140)(H,109,141)(H2,74,91,101)(H2,75,79,83)(H2,76,80,84)(H2,77,81,85)(H2,78,82,86)(H,92,100,102)/t36-,37-,38-,39-,40-,41-,42-,43-,44-,45-,50+,51+,52+,53+,54?,55?,56?,57?,68-,69-,70-,71-,136?,137?,138?/m1/s1. The number of nitrogens with two attached hydrogens (primary N) is 5. The maximum absolute atomic E-state index is 15.4. The molecule has 16 heterocycles. The van der Waals surface area contributed by atoms with E-state index in [4.69, 9.17) is 164 Å². The second-order valence-corrected chi connectivity index (χ2v) is 43.6. The fourth-order valence-corrected chi connectivity index (χ4v) is 22.9. The summed E-state index contributed by atoms with van der Waals surface area (Å²) in [6, 6.07) is 0. The molecule has 9 unspecified atom stereocenters. The number of fused-ring (bicyclic) bond motifs is 4. The lowest BCUT2D eigenvalue weighted by Gasteiger charge is -2.29. The number of rotatable bonds is 48. The molecule has 772 valence electrons. The molecule has 0 radical (unpaired) electrons. The quantitative estimate of drug-likeness (QED) is 0.0140. The van der Waals surface area contributed by atoms with Gasteiger partial charge in [0.25, 0.3) is 5.56 Å². The molecular formula is C73H102N25O35P5S3. The molecule has 6 aliphatic rings. The lowest BCUT2D eigenvalue weighted by molar-refractivity contribution is -0.0833. The minimum absolute atomic E-state index is 0.00528. The molecule has 0 aromatic carbocycles. The van der Waals surface area contributed by atoms with Gasteiger partial charge < -0.3 is 133 Å². The molecule has 0 bridgehead atoms. The van der Waals surface area contributed by atoms with Gasteiger partial charge >= 0.3 is 47.3 Å². The fraction of sp³-hybridized carbons (Fsp3) is 0.616. The smallest absolute Gasteiger partial charge is 0.387 e. The number of aliphatic hydroxyl groups is 1. The van der Waals surface area contributed by atoms with Crippen LogP contribution in [0.2, 0.25) is 0 Å². The molecule has 6 saturated heterocycles. The summed E-state index contributed by atoms with van der Waals surface area (Å²) in [7, 11) is -6.13. The van der Waals surface area contributed by atoms with E-state index in [1.807, 2.05) is 0 Å². The number of methoxy groups -OCH3 is 4. The van der Waals surface area contributed by atoms with Crippen LogP contribution in [0.4, 0.5) is 29.1 Å². The predicted octanol–water partition coefficient (Wildman–Crippen LogP) is 0.424. The van der Waals surface area contributed by atoms with Gasteiger partial charge in [-0.25, -0.2) is 83.1 Å². The number of aromatic nitrogens is 20. The first-order valence-corrected chi connectivity index (χ1v) is 54.0. The fourth-order valence-electron chi connectivity index (χ4n) is 16.5. The molecule has 0 spiro atoms. The van der Waals surface area contributed by atoms with Crippen molar-refractivity contribution in [2.75, 3.05) is 143 Å². The van der Waals surface area contributed by atoms with Crippen molar-refractivity contribution in [1.82, 2.24) is 97.2 Å². The van der Waals surface area contributed by atoms with Crippen LogP contribution in [0.25, 0.3) is 44.7 Å². The second-order valence-electron chi connectivity index (χ2n) is 32.3. The van der Waals surface area contributed by atoms with Crippen LogP contribution in [-0.4, -0.2) is 334 Å². The predicted molar refractivity (Wildman–Crippen MR) is 491 cm³/mol. The Balaban J connectivity index is 0.672. The zero-order valence-corrected chi connectivity index (χ0v) is 82.7. The van der Waals surface area contributed by atoms with E-state index in [1.165, 1.54) is 115 Å². The molecule has 68 heteroatoms. The van der Waals surface area contributed by atoms with Crippen LogP contribution >= 0.6 is 48.1 Å². The Morgan fingerprint density at radius 3 is 1.23 bits per heavy atom. The maximum atomic E-state index is 15.4. The van der Waals surface area contributed by atoms with Crippen LogP contribution in [0.1, 0.15) is 74.7 Å². The van der Waals surface area contributed by atoms with Gasteiger partial charge in [-0.05, 0) is 43.9 Å². The first-order chi connectivity index (χ1) is 67.4. The molecule has 16 N–H and O–H groups in total. The number of H-pyrrole nitrogens is 1. The van der Waals surface area contributed by atoms with E-state index >= 15 is 13.7 Å². The highest BCUT2D eigenvalue weighted by Crippen LogP contribution is 2.60. The lowest BCUT2D eigenvalue weighted by atomic mass is 10.1. The Morgan fingerprint density at radius 2 is 0.780 bits per heavy atom. The van der Waals surface area contributed by atoms with E-state index < -0.39 is 221 Å². The van der Waals surface area contributed by atoms with Gasteiger partial charge in [-0.15, -0.1) is 0 Å². The number of phosphoric ester groups is 2. The van der Waals surface area contributed by atoms with Gasteiger partial charge in [-0.3, -0.25) is 68.8 Å². The molecular weight excluding hydrogens is 2040 g/mol. The normalized spacial score (nSPS) is 29.2. The Morgan fingerprint density at radius 1 is 0.418 bits per heavy atom. The van der Waals surface area contributed by atoms with Crippen LogP contribution in [-0.2, 0) is 149 Å². The molecule has 0 aliphatic carbocycles. The molecule has 0 amide bonds. The van der Waals surface area contributed by atoms with Crippen molar-refractivity contribution < 1.29 is 150 Å². The van der Waals surface area contributed by atoms with Crippen molar-refractivity contribution in [3.05, 3.63) is 105 Å². The van der Waals surface area contributed by atoms with Crippen molar-refractivity contribution in [1.29, 1.82) is 0 Å². The third-order valence-electron chi connectivity index (χ3n) is 23.2. The van der Waals surface area contributed by atoms with Gasteiger partial charge in [-0.2, -0.15) is 4.98 Å². The number of hydrogen-bond donors (Lipinski definition) is 12. The third kappa shape index (κ3) is 24.0. The van der Waals surface area contributed by atoms with Gasteiger partial charge in [-0.1, -0.05) is 19.2 Å². The maximum Gasteiger partial charge on any atom is 0.472 e. The molecule has 16 rings (SSSR count). The summed E-state index contributed by atoms with van der Waals surface area (Å²) >= 11 is 15.7. The molecule has 60 nitrogen and oxygen atoms in total. The van der Waals surface area contributed by atoms with E-state index in [2.05, 4.69) is 82.0 Å². The second kappa shape index (κ2) is 45.1. The number of hydrogen-bond acceptors (Lipinski definition) is 51. The number of aliphatic hydroxyl groups excluding tert-OH is 1. The first kappa shape index (κ1) is 106. The van der Waals surface area contributed by atoms with E-state index in [0.717, 1.165) is 17.2 Å². The number of imidazole rings is 4. The van der Waals surface area contributed by atoms with Crippen LogP contribution < -0.4 is 45.6 Å². The minimum atomic E-state index is -5.85. The van der Waals surface area contributed by atoms with Gasteiger partial charge in [0.1, 0.15) is 151 Å². The van der Waals surface area contributed by atoms with E-state index in [9.17, 15) is 39.1 Å². The average Bonchev–Trinajstić information content (AvgIpc) is 1.60.